The number of methoxy groups -OCH3 is 1. The lowest BCUT2D eigenvalue weighted by Crippen LogP contribution is -2.50. The molecule has 0 saturated carbocycles. The van der Waals surface area contributed by atoms with E-state index in [9.17, 15) is 4.79 Å². The van der Waals surface area contributed by atoms with Crippen LogP contribution in [0.5, 0.6) is 17.2 Å². The van der Waals surface area contributed by atoms with Gasteiger partial charge in [-0.05, 0) is 29.1 Å². The molecule has 2 fully saturated rings. The van der Waals surface area contributed by atoms with E-state index in [1.807, 2.05) is 17.5 Å². The molecule has 1 aromatic carbocycles. The predicted octanol–water partition coefficient (Wildman–Crippen LogP) is 2.50. The summed E-state index contributed by atoms with van der Waals surface area (Å²) in [6.45, 7) is 8.69. The highest BCUT2D eigenvalue weighted by Crippen LogP contribution is 2.42. The van der Waals surface area contributed by atoms with E-state index >= 15 is 0 Å². The van der Waals surface area contributed by atoms with E-state index in [2.05, 4.69) is 30.7 Å². The minimum absolute atomic E-state index is 0.233. The number of aromatic nitrogens is 2. The maximum absolute atomic E-state index is 12.6. The Morgan fingerprint density at radius 2 is 1.84 bits per heavy atom. The Balaban J connectivity index is 0.910. The van der Waals surface area contributed by atoms with E-state index in [1.54, 1.807) is 29.7 Å². The zero-order chi connectivity index (χ0) is 25.9. The van der Waals surface area contributed by atoms with Crippen LogP contribution in [0.15, 0.2) is 29.9 Å². The van der Waals surface area contributed by atoms with Crippen molar-refractivity contribution in [2.24, 2.45) is 0 Å². The molecule has 0 radical (unpaired) electrons. The third-order valence-electron chi connectivity index (χ3n) is 7.30. The number of ether oxygens (including phenoxy) is 4. The number of carbonyl (C=O) groups excluding carboxylic acids is 1. The van der Waals surface area contributed by atoms with Gasteiger partial charge in [0.05, 0.1) is 12.5 Å². The minimum Gasteiger partial charge on any atom is -0.493 e. The van der Waals surface area contributed by atoms with Crippen molar-refractivity contribution < 1.29 is 23.7 Å². The number of carbonyl (C=O) groups is 1. The largest absolute Gasteiger partial charge is 0.493 e. The normalized spacial score (nSPS) is 18.2. The number of hydrogen-bond donors (Lipinski definition) is 0. The lowest BCUT2D eigenvalue weighted by molar-refractivity contribution is 0.0726. The van der Waals surface area contributed by atoms with Crippen LogP contribution in [0.2, 0.25) is 0 Å². The summed E-state index contributed by atoms with van der Waals surface area (Å²) in [7, 11) is 1.65. The van der Waals surface area contributed by atoms with Crippen LogP contribution in [0.1, 0.15) is 5.56 Å². The number of anilines is 1. The highest BCUT2D eigenvalue weighted by atomic mass is 32.1. The third-order valence-corrected chi connectivity index (χ3v) is 8.12. The van der Waals surface area contributed by atoms with Gasteiger partial charge < -0.3 is 28.7 Å². The van der Waals surface area contributed by atoms with Gasteiger partial charge in [0.25, 0.3) is 0 Å². The Kier molecular flexibility index (Phi) is 7.34. The quantitative estimate of drug-likeness (QED) is 0.445. The zero-order valence-electron chi connectivity index (χ0n) is 21.5. The minimum atomic E-state index is -0.233. The van der Waals surface area contributed by atoms with E-state index in [4.69, 9.17) is 18.9 Å². The molecular formula is C26H32N6O5S. The molecular weight excluding hydrogens is 508 g/mol. The topological polar surface area (TPSA) is 92.7 Å². The number of hydrogen-bond acceptors (Lipinski definition) is 11. The van der Waals surface area contributed by atoms with Crippen molar-refractivity contribution in [3.63, 3.8) is 0 Å². The highest BCUT2D eigenvalue weighted by Gasteiger charge is 2.25. The summed E-state index contributed by atoms with van der Waals surface area (Å²) < 4.78 is 22.1. The van der Waals surface area contributed by atoms with Gasteiger partial charge in [0.15, 0.2) is 11.5 Å². The molecule has 2 saturated heterocycles. The molecule has 2 aromatic heterocycles. The number of rotatable bonds is 7. The maximum atomic E-state index is 12.6. The first-order chi connectivity index (χ1) is 18.7. The van der Waals surface area contributed by atoms with Crippen LogP contribution in [-0.2, 0) is 11.3 Å². The zero-order valence-corrected chi connectivity index (χ0v) is 22.3. The average molecular weight is 541 g/mol. The molecule has 38 heavy (non-hydrogen) atoms. The maximum Gasteiger partial charge on any atom is 0.409 e. The van der Waals surface area contributed by atoms with Crippen LogP contribution in [0, 0.1) is 0 Å². The fourth-order valence-electron chi connectivity index (χ4n) is 5.19. The molecule has 11 nitrogen and oxygen atoms in total. The van der Waals surface area contributed by atoms with Crippen molar-refractivity contribution in [1.29, 1.82) is 0 Å². The number of benzene rings is 1. The molecule has 0 N–H and O–H groups in total. The van der Waals surface area contributed by atoms with Gasteiger partial charge in [-0.3, -0.25) is 9.80 Å². The summed E-state index contributed by atoms with van der Waals surface area (Å²) in [5, 5.41) is 3.11. The lowest BCUT2D eigenvalue weighted by atomic mass is 10.1. The molecule has 6 rings (SSSR count). The summed E-state index contributed by atoms with van der Waals surface area (Å²) in [6.07, 6.45) is 1.38. The molecule has 5 heterocycles. The van der Waals surface area contributed by atoms with E-state index in [0.29, 0.717) is 31.2 Å². The fourth-order valence-corrected chi connectivity index (χ4v) is 5.91. The van der Waals surface area contributed by atoms with Crippen molar-refractivity contribution in [3.8, 4) is 17.2 Å². The SMILES string of the molecule is COc1cc(CN2CCN(CCOC(=O)N3CCN(c4ncnc5sccc45)CC3)CC2)cc2c1OCO2. The van der Waals surface area contributed by atoms with Gasteiger partial charge in [0.2, 0.25) is 12.5 Å². The van der Waals surface area contributed by atoms with E-state index in [-0.39, 0.29) is 12.9 Å². The van der Waals surface area contributed by atoms with Crippen LogP contribution < -0.4 is 19.1 Å². The summed E-state index contributed by atoms with van der Waals surface area (Å²) in [4.78, 5) is 31.2. The monoisotopic (exact) mass is 540 g/mol. The van der Waals surface area contributed by atoms with Gasteiger partial charge in [-0.2, -0.15) is 0 Å². The molecule has 0 atom stereocenters. The predicted molar refractivity (Wildman–Crippen MR) is 143 cm³/mol. The van der Waals surface area contributed by atoms with Crippen molar-refractivity contribution in [1.82, 2.24) is 24.7 Å². The molecule has 1 amide bonds. The molecule has 3 aromatic rings. The van der Waals surface area contributed by atoms with Gasteiger partial charge in [-0.15, -0.1) is 11.3 Å². The summed E-state index contributed by atoms with van der Waals surface area (Å²) in [5.41, 5.74) is 1.15. The van der Waals surface area contributed by atoms with Gasteiger partial charge >= 0.3 is 6.09 Å². The third kappa shape index (κ3) is 5.29. The number of amides is 1. The highest BCUT2D eigenvalue weighted by molar-refractivity contribution is 7.16. The van der Waals surface area contributed by atoms with Crippen molar-refractivity contribution in [2.75, 3.05) is 84.3 Å². The van der Waals surface area contributed by atoms with E-state index in [1.165, 1.54) is 0 Å². The molecule has 12 heteroatoms. The Bertz CT molecular complexity index is 1270. The fraction of sp³-hybridized carbons (Fsp3) is 0.500. The van der Waals surface area contributed by atoms with Crippen LogP contribution in [0.3, 0.4) is 0 Å². The smallest absolute Gasteiger partial charge is 0.409 e. The first kappa shape index (κ1) is 25.0. The standard InChI is InChI=1S/C26H32N6O5S/c1-34-21-14-19(15-22-23(21)37-18-36-22)16-30-5-3-29(4-6-30)11-12-35-26(33)32-9-7-31(8-10-32)24-20-2-13-38-25(20)28-17-27-24/h2,13-15,17H,3-12,16,18H2,1H3. The van der Waals surface area contributed by atoms with Gasteiger partial charge in [-0.1, -0.05) is 0 Å². The number of nitrogens with zero attached hydrogens (tertiary/aromatic N) is 6. The Labute approximate surface area is 225 Å². The van der Waals surface area contributed by atoms with Crippen molar-refractivity contribution in [3.05, 3.63) is 35.5 Å². The lowest BCUT2D eigenvalue weighted by Gasteiger charge is -2.36. The number of piperazine rings is 2. The van der Waals surface area contributed by atoms with E-state index < -0.39 is 0 Å². The van der Waals surface area contributed by atoms with Crippen molar-refractivity contribution in [2.45, 2.75) is 6.54 Å². The molecule has 0 aliphatic carbocycles. The van der Waals surface area contributed by atoms with E-state index in [0.717, 1.165) is 79.7 Å². The van der Waals surface area contributed by atoms with Gasteiger partial charge in [-0.25, -0.2) is 14.8 Å². The molecule has 202 valence electrons. The van der Waals surface area contributed by atoms with Crippen molar-refractivity contribution >= 4 is 33.5 Å². The van der Waals surface area contributed by atoms with Crippen LogP contribution in [0.25, 0.3) is 10.2 Å². The van der Waals surface area contributed by atoms with Gasteiger partial charge in [0, 0.05) is 65.4 Å². The molecule has 3 aliphatic heterocycles. The molecule has 0 unspecified atom stereocenters. The Morgan fingerprint density at radius 3 is 2.66 bits per heavy atom. The second-order valence-electron chi connectivity index (χ2n) is 9.57. The second-order valence-corrected chi connectivity index (χ2v) is 10.5. The summed E-state index contributed by atoms with van der Waals surface area (Å²) in [5.74, 6) is 3.09. The molecule has 0 bridgehead atoms. The summed E-state index contributed by atoms with van der Waals surface area (Å²) >= 11 is 1.61. The molecule has 3 aliphatic rings. The molecule has 0 spiro atoms. The van der Waals surface area contributed by atoms with Crippen LogP contribution in [0.4, 0.5) is 10.6 Å². The number of fused-ring (bicyclic) bond motifs is 2. The second kappa shape index (κ2) is 11.2. The number of thiophene rings is 1. The first-order valence-corrected chi connectivity index (χ1v) is 13.8. The van der Waals surface area contributed by atoms with Crippen LogP contribution >= 0.6 is 11.3 Å². The first-order valence-electron chi connectivity index (χ1n) is 12.9. The van der Waals surface area contributed by atoms with Gasteiger partial charge in [0.1, 0.15) is 23.6 Å². The summed E-state index contributed by atoms with van der Waals surface area (Å²) in [6, 6.07) is 6.12. The van der Waals surface area contributed by atoms with Crippen LogP contribution in [-0.4, -0.2) is 110 Å². The Hall–Kier alpha value is -3.35. The average Bonchev–Trinajstić information content (AvgIpc) is 3.63. The Morgan fingerprint density at radius 1 is 1.03 bits per heavy atom.